The molecule has 7 rings (SSSR count). The fraction of sp³-hybridized carbons (Fsp3) is 0.357. The third-order valence-corrected chi connectivity index (χ3v) is 8.46. The van der Waals surface area contributed by atoms with Crippen LogP contribution < -0.4 is 10.6 Å². The SMILES string of the molecule is C[C@@H]1OCC2(CCN(c3nc4c(c(-c5cccc6ccccc56)cn4CO)c4nccn34)CC2)[C@@H]1N. The van der Waals surface area contributed by atoms with Gasteiger partial charge in [0.15, 0.2) is 5.65 Å². The molecule has 2 atom stereocenters. The van der Waals surface area contributed by atoms with Gasteiger partial charge >= 0.3 is 0 Å². The minimum atomic E-state index is -0.155. The predicted octanol–water partition coefficient (Wildman–Crippen LogP) is 3.79. The number of aliphatic hydroxyl groups is 1. The van der Waals surface area contributed by atoms with Crippen LogP contribution in [0, 0.1) is 5.41 Å². The minimum absolute atomic E-state index is 0.0426. The van der Waals surface area contributed by atoms with E-state index in [2.05, 4.69) is 58.7 Å². The second-order valence-electron chi connectivity index (χ2n) is 10.3. The van der Waals surface area contributed by atoms with E-state index in [0.717, 1.165) is 71.7 Å². The van der Waals surface area contributed by atoms with E-state index in [1.807, 2.05) is 23.2 Å². The predicted molar refractivity (Wildman–Crippen MR) is 141 cm³/mol. The highest BCUT2D eigenvalue weighted by atomic mass is 16.5. The van der Waals surface area contributed by atoms with E-state index < -0.39 is 0 Å². The van der Waals surface area contributed by atoms with Crippen LogP contribution in [-0.2, 0) is 11.5 Å². The van der Waals surface area contributed by atoms with Gasteiger partial charge in [0.25, 0.3) is 0 Å². The lowest BCUT2D eigenvalue weighted by Gasteiger charge is -2.41. The molecule has 0 saturated carbocycles. The molecule has 5 heterocycles. The maximum Gasteiger partial charge on any atom is 0.213 e. The molecule has 5 aromatic rings. The third kappa shape index (κ3) is 3.05. The summed E-state index contributed by atoms with van der Waals surface area (Å²) in [6.45, 7) is 4.36. The van der Waals surface area contributed by atoms with Gasteiger partial charge in [-0.2, -0.15) is 4.98 Å². The number of nitrogens with two attached hydrogens (primary N) is 1. The van der Waals surface area contributed by atoms with Crippen molar-refractivity contribution in [1.29, 1.82) is 0 Å². The lowest BCUT2D eigenvalue weighted by atomic mass is 9.73. The van der Waals surface area contributed by atoms with Crippen molar-refractivity contribution in [2.75, 3.05) is 24.6 Å². The van der Waals surface area contributed by atoms with Gasteiger partial charge in [0.05, 0.1) is 18.1 Å². The monoisotopic (exact) mass is 482 g/mol. The van der Waals surface area contributed by atoms with Crippen molar-refractivity contribution in [1.82, 2.24) is 18.9 Å². The molecule has 0 aliphatic carbocycles. The average molecular weight is 483 g/mol. The third-order valence-electron chi connectivity index (χ3n) is 8.46. The zero-order chi connectivity index (χ0) is 24.4. The van der Waals surface area contributed by atoms with Crippen molar-refractivity contribution < 1.29 is 9.84 Å². The van der Waals surface area contributed by atoms with Gasteiger partial charge in [-0.15, -0.1) is 0 Å². The number of rotatable bonds is 3. The first kappa shape index (κ1) is 21.8. The summed E-state index contributed by atoms with van der Waals surface area (Å²) in [5.41, 5.74) is 10.3. The lowest BCUT2D eigenvalue weighted by Crippen LogP contribution is -2.51. The Bertz CT molecular complexity index is 1590. The first-order chi connectivity index (χ1) is 17.6. The Balaban J connectivity index is 1.37. The normalized spacial score (nSPS) is 21.9. The molecule has 8 nitrogen and oxygen atoms in total. The fourth-order valence-electron chi connectivity index (χ4n) is 6.30. The van der Waals surface area contributed by atoms with Gasteiger partial charge in [-0.25, -0.2) is 4.98 Å². The Hall–Kier alpha value is -3.46. The van der Waals surface area contributed by atoms with Gasteiger partial charge in [-0.3, -0.25) is 4.40 Å². The molecule has 184 valence electrons. The second kappa shape index (κ2) is 8.03. The highest BCUT2D eigenvalue weighted by Gasteiger charge is 2.47. The van der Waals surface area contributed by atoms with Crippen molar-refractivity contribution in [3.8, 4) is 11.1 Å². The number of benzene rings is 2. The Kier molecular flexibility index (Phi) is 4.86. The summed E-state index contributed by atoms with van der Waals surface area (Å²) in [5, 5.41) is 13.6. The highest BCUT2D eigenvalue weighted by Crippen LogP contribution is 2.43. The zero-order valence-electron chi connectivity index (χ0n) is 20.3. The van der Waals surface area contributed by atoms with Gasteiger partial charge in [0.2, 0.25) is 5.95 Å². The van der Waals surface area contributed by atoms with E-state index >= 15 is 0 Å². The maximum absolute atomic E-state index is 10.3. The lowest BCUT2D eigenvalue weighted by molar-refractivity contribution is 0.0973. The molecule has 3 N–H and O–H groups in total. The molecule has 0 radical (unpaired) electrons. The van der Waals surface area contributed by atoms with Gasteiger partial charge in [-0.1, -0.05) is 42.5 Å². The molecule has 0 bridgehead atoms. The number of anilines is 1. The number of imidazole rings is 1. The number of aromatic nitrogens is 4. The van der Waals surface area contributed by atoms with Gasteiger partial charge in [-0.05, 0) is 36.1 Å². The average Bonchev–Trinajstić information content (AvgIpc) is 3.61. The second-order valence-corrected chi connectivity index (χ2v) is 10.3. The summed E-state index contributed by atoms with van der Waals surface area (Å²) in [6.07, 6.45) is 7.85. The van der Waals surface area contributed by atoms with E-state index in [-0.39, 0.29) is 24.3 Å². The Labute approximate surface area is 208 Å². The van der Waals surface area contributed by atoms with Crippen molar-refractivity contribution >= 4 is 33.4 Å². The van der Waals surface area contributed by atoms with Crippen LogP contribution >= 0.6 is 0 Å². The van der Waals surface area contributed by atoms with E-state index in [0.29, 0.717) is 0 Å². The zero-order valence-corrected chi connectivity index (χ0v) is 20.3. The van der Waals surface area contributed by atoms with Crippen molar-refractivity contribution in [3.05, 3.63) is 61.1 Å². The molecule has 3 aromatic heterocycles. The molecule has 8 heteroatoms. The Morgan fingerprint density at radius 3 is 2.67 bits per heavy atom. The molecule has 36 heavy (non-hydrogen) atoms. The summed E-state index contributed by atoms with van der Waals surface area (Å²) in [7, 11) is 0. The molecule has 0 unspecified atom stereocenters. The van der Waals surface area contributed by atoms with Crippen LogP contribution in [0.1, 0.15) is 19.8 Å². The fourth-order valence-corrected chi connectivity index (χ4v) is 6.30. The molecule has 2 fully saturated rings. The number of fused-ring (bicyclic) bond motifs is 4. The van der Waals surface area contributed by atoms with Crippen LogP contribution in [0.4, 0.5) is 5.95 Å². The van der Waals surface area contributed by atoms with Crippen molar-refractivity contribution in [2.24, 2.45) is 11.1 Å². The minimum Gasteiger partial charge on any atom is -0.376 e. The molecule has 2 aromatic carbocycles. The van der Waals surface area contributed by atoms with Gasteiger partial charge in [0.1, 0.15) is 12.4 Å². The first-order valence-electron chi connectivity index (χ1n) is 12.7. The van der Waals surface area contributed by atoms with Crippen LogP contribution in [0.2, 0.25) is 0 Å². The van der Waals surface area contributed by atoms with Crippen molar-refractivity contribution in [2.45, 2.75) is 38.6 Å². The van der Waals surface area contributed by atoms with E-state index in [9.17, 15) is 5.11 Å². The standard InChI is InChI=1S/C28H30N6O2/c1-18-24(29)28(16-36-18)9-12-32(13-10-28)27-31-26-23(25-30-11-14-34(25)27)22(15-33(26)17-35)21-8-4-6-19-5-2-3-7-20(19)21/h2-8,11,14-15,18,24,35H,9-10,12-13,16-17,29H2,1H3/t18-,24+/m0/s1. The molecule has 2 saturated heterocycles. The summed E-state index contributed by atoms with van der Waals surface area (Å²) in [4.78, 5) is 12.2. The van der Waals surface area contributed by atoms with E-state index in [1.165, 1.54) is 5.39 Å². The number of hydrogen-bond acceptors (Lipinski definition) is 6. The number of aliphatic hydroxyl groups excluding tert-OH is 1. The molecule has 1 spiro atoms. The van der Waals surface area contributed by atoms with Gasteiger partial charge < -0.3 is 25.0 Å². The largest absolute Gasteiger partial charge is 0.376 e. The van der Waals surface area contributed by atoms with E-state index in [4.69, 9.17) is 20.4 Å². The highest BCUT2D eigenvalue weighted by molar-refractivity contribution is 6.09. The van der Waals surface area contributed by atoms with Crippen LogP contribution in [0.15, 0.2) is 61.1 Å². The van der Waals surface area contributed by atoms with Crippen molar-refractivity contribution in [3.63, 3.8) is 0 Å². The molecular formula is C28H30N6O2. The summed E-state index contributed by atoms with van der Waals surface area (Å²) >= 11 is 0. The van der Waals surface area contributed by atoms with E-state index in [1.54, 1.807) is 0 Å². The van der Waals surface area contributed by atoms with Crippen LogP contribution in [-0.4, -0.2) is 55.9 Å². The number of hydrogen-bond donors (Lipinski definition) is 2. The van der Waals surface area contributed by atoms with Gasteiger partial charge in [0, 0.05) is 48.7 Å². The number of ether oxygens (including phenoxy) is 1. The molecular weight excluding hydrogens is 452 g/mol. The number of piperidine rings is 1. The molecule has 2 aliphatic rings. The Morgan fingerprint density at radius 1 is 1.08 bits per heavy atom. The van der Waals surface area contributed by atoms with Crippen LogP contribution in [0.25, 0.3) is 38.6 Å². The maximum atomic E-state index is 10.3. The quantitative estimate of drug-likeness (QED) is 0.406. The topological polar surface area (TPSA) is 93.8 Å². The first-order valence-corrected chi connectivity index (χ1v) is 12.7. The Morgan fingerprint density at radius 2 is 1.89 bits per heavy atom. The summed E-state index contributed by atoms with van der Waals surface area (Å²) < 4.78 is 9.82. The summed E-state index contributed by atoms with van der Waals surface area (Å²) in [6, 6.07) is 14.8. The number of nitrogens with zero attached hydrogens (tertiary/aromatic N) is 5. The smallest absolute Gasteiger partial charge is 0.213 e. The van der Waals surface area contributed by atoms with Crippen LogP contribution in [0.5, 0.6) is 0 Å². The molecule has 2 aliphatic heterocycles. The van der Waals surface area contributed by atoms with Crippen LogP contribution in [0.3, 0.4) is 0 Å². The summed E-state index contributed by atoms with van der Waals surface area (Å²) in [5.74, 6) is 0.850. The molecule has 0 amide bonds.